The van der Waals surface area contributed by atoms with Crippen molar-refractivity contribution in [1.29, 1.82) is 0 Å². The highest BCUT2D eigenvalue weighted by molar-refractivity contribution is 5.95. The van der Waals surface area contributed by atoms with Crippen LogP contribution in [-0.2, 0) is 9.47 Å². The fraction of sp³-hybridized carbons (Fsp3) is 0.524. The molecular weight excluding hydrogens is 328 g/mol. The van der Waals surface area contributed by atoms with Crippen LogP contribution in [0.25, 0.3) is 10.9 Å². The van der Waals surface area contributed by atoms with Crippen molar-refractivity contribution in [2.45, 2.75) is 44.3 Å². The summed E-state index contributed by atoms with van der Waals surface area (Å²) >= 11 is 0. The molecule has 1 atom stereocenters. The molecule has 26 heavy (non-hydrogen) atoms. The van der Waals surface area contributed by atoms with Gasteiger partial charge in [0.1, 0.15) is 5.69 Å². The number of hydrogen-bond acceptors (Lipinski definition) is 4. The van der Waals surface area contributed by atoms with Gasteiger partial charge < -0.3 is 14.4 Å². The van der Waals surface area contributed by atoms with Crippen LogP contribution in [0.15, 0.2) is 36.4 Å². The number of hydrogen-bond donors (Lipinski definition) is 0. The molecule has 2 saturated heterocycles. The summed E-state index contributed by atoms with van der Waals surface area (Å²) in [6, 6.07) is 11.7. The van der Waals surface area contributed by atoms with Crippen LogP contribution in [0.2, 0.25) is 0 Å². The van der Waals surface area contributed by atoms with Crippen molar-refractivity contribution in [3.8, 4) is 0 Å². The van der Waals surface area contributed by atoms with E-state index in [1.165, 1.54) is 0 Å². The Morgan fingerprint density at radius 2 is 2.08 bits per heavy atom. The fourth-order valence-corrected chi connectivity index (χ4v) is 4.17. The zero-order chi connectivity index (χ0) is 18.0. The van der Waals surface area contributed by atoms with E-state index in [9.17, 15) is 4.79 Å². The minimum atomic E-state index is -0.119. The molecule has 1 aromatic heterocycles. The third kappa shape index (κ3) is 3.46. The van der Waals surface area contributed by atoms with Gasteiger partial charge in [-0.25, -0.2) is 4.98 Å². The molecule has 1 unspecified atom stereocenters. The molecular formula is C21H26N2O3. The molecule has 2 aliphatic rings. The normalized spacial score (nSPS) is 22.7. The topological polar surface area (TPSA) is 51.7 Å². The molecule has 1 spiro atoms. The van der Waals surface area contributed by atoms with Gasteiger partial charge in [-0.3, -0.25) is 4.79 Å². The van der Waals surface area contributed by atoms with E-state index in [4.69, 9.17) is 9.47 Å². The molecule has 0 radical (unpaired) electrons. The molecule has 0 bridgehead atoms. The number of benzene rings is 1. The number of pyridine rings is 1. The van der Waals surface area contributed by atoms with Crippen molar-refractivity contribution in [2.24, 2.45) is 0 Å². The first kappa shape index (κ1) is 17.4. The fourth-order valence-electron chi connectivity index (χ4n) is 4.17. The van der Waals surface area contributed by atoms with Gasteiger partial charge in [-0.2, -0.15) is 0 Å². The second kappa shape index (κ2) is 7.33. The van der Waals surface area contributed by atoms with Gasteiger partial charge in [0.15, 0.2) is 0 Å². The first-order valence-electron chi connectivity index (χ1n) is 9.60. The maximum Gasteiger partial charge on any atom is 0.272 e. The van der Waals surface area contributed by atoms with Gasteiger partial charge in [-0.15, -0.1) is 0 Å². The van der Waals surface area contributed by atoms with Gasteiger partial charge in [0.25, 0.3) is 5.91 Å². The number of likely N-dealkylation sites (tertiary alicyclic amines) is 1. The van der Waals surface area contributed by atoms with Gasteiger partial charge in [0.05, 0.1) is 17.2 Å². The van der Waals surface area contributed by atoms with Crippen LogP contribution in [0.3, 0.4) is 0 Å². The molecule has 2 aliphatic heterocycles. The number of ether oxygens (including phenoxy) is 2. The average molecular weight is 354 g/mol. The maximum atomic E-state index is 12.9. The molecule has 0 saturated carbocycles. The van der Waals surface area contributed by atoms with Crippen LogP contribution in [0.1, 0.15) is 43.1 Å². The lowest BCUT2D eigenvalue weighted by Gasteiger charge is -2.46. The summed E-state index contributed by atoms with van der Waals surface area (Å²) in [5, 5.41) is 1.05. The highest BCUT2D eigenvalue weighted by Gasteiger charge is 2.41. The number of piperidine rings is 1. The van der Waals surface area contributed by atoms with E-state index in [2.05, 4.69) is 4.98 Å². The summed E-state index contributed by atoms with van der Waals surface area (Å²) in [5.74, 6) is 0.0165. The standard InChI is InChI=1S/C21H26N2O3/c1-2-25-17-9-14-26-21(15-17)10-12-23(13-11-21)20(24)19-8-7-16-5-3-4-6-18(16)22-19/h3-8,17H,2,9-15H2,1H3. The highest BCUT2D eigenvalue weighted by atomic mass is 16.5. The molecule has 4 rings (SSSR count). The van der Waals surface area contributed by atoms with Crippen molar-refractivity contribution in [1.82, 2.24) is 9.88 Å². The van der Waals surface area contributed by atoms with Crippen LogP contribution in [0.4, 0.5) is 0 Å². The van der Waals surface area contributed by atoms with Crippen LogP contribution in [0, 0.1) is 0 Å². The van der Waals surface area contributed by atoms with Crippen molar-refractivity contribution < 1.29 is 14.3 Å². The van der Waals surface area contributed by atoms with Crippen molar-refractivity contribution >= 4 is 16.8 Å². The number of carbonyl (C=O) groups excluding carboxylic acids is 1. The SMILES string of the molecule is CCOC1CCOC2(CCN(C(=O)c3ccc4ccccc4n3)CC2)C1. The summed E-state index contributed by atoms with van der Waals surface area (Å²) in [5.41, 5.74) is 1.27. The Hall–Kier alpha value is -1.98. The van der Waals surface area contributed by atoms with E-state index in [1.54, 1.807) is 0 Å². The largest absolute Gasteiger partial charge is 0.378 e. The lowest BCUT2D eigenvalue weighted by molar-refractivity contribution is -0.151. The van der Waals surface area contributed by atoms with Gasteiger partial charge in [-0.05, 0) is 38.3 Å². The minimum absolute atomic E-state index is 0.0165. The average Bonchev–Trinajstić information content (AvgIpc) is 2.68. The van der Waals surface area contributed by atoms with E-state index < -0.39 is 0 Å². The first-order chi connectivity index (χ1) is 12.7. The maximum absolute atomic E-state index is 12.9. The zero-order valence-electron chi connectivity index (χ0n) is 15.3. The molecule has 0 aliphatic carbocycles. The lowest BCUT2D eigenvalue weighted by atomic mass is 9.83. The number of para-hydroxylation sites is 1. The molecule has 0 N–H and O–H groups in total. The highest BCUT2D eigenvalue weighted by Crippen LogP contribution is 2.36. The van der Waals surface area contributed by atoms with Crippen LogP contribution in [-0.4, -0.2) is 53.8 Å². The van der Waals surface area contributed by atoms with Crippen molar-refractivity contribution in [3.63, 3.8) is 0 Å². The number of rotatable bonds is 3. The second-order valence-corrected chi connectivity index (χ2v) is 7.28. The minimum Gasteiger partial charge on any atom is -0.378 e. The Kier molecular flexibility index (Phi) is 4.92. The number of amides is 1. The molecule has 3 heterocycles. The third-order valence-electron chi connectivity index (χ3n) is 5.63. The Bertz CT molecular complexity index is 782. The summed E-state index contributed by atoms with van der Waals surface area (Å²) in [4.78, 5) is 19.3. The number of fused-ring (bicyclic) bond motifs is 1. The lowest BCUT2D eigenvalue weighted by Crippen LogP contribution is -2.52. The molecule has 138 valence electrons. The summed E-state index contributed by atoms with van der Waals surface area (Å²) in [6.07, 6.45) is 3.94. The van der Waals surface area contributed by atoms with Gasteiger partial charge in [0.2, 0.25) is 0 Å². The Morgan fingerprint density at radius 3 is 2.88 bits per heavy atom. The number of nitrogens with zero attached hydrogens (tertiary/aromatic N) is 2. The van der Waals surface area contributed by atoms with Gasteiger partial charge in [0, 0.05) is 38.1 Å². The second-order valence-electron chi connectivity index (χ2n) is 7.28. The van der Waals surface area contributed by atoms with Crippen LogP contribution in [0.5, 0.6) is 0 Å². The smallest absolute Gasteiger partial charge is 0.272 e. The Balaban J connectivity index is 1.43. The molecule has 2 aromatic rings. The number of carbonyl (C=O) groups is 1. The van der Waals surface area contributed by atoms with Gasteiger partial charge >= 0.3 is 0 Å². The molecule has 5 heteroatoms. The molecule has 1 aromatic carbocycles. The monoisotopic (exact) mass is 354 g/mol. The van der Waals surface area contributed by atoms with E-state index in [1.807, 2.05) is 48.2 Å². The van der Waals surface area contributed by atoms with Crippen LogP contribution < -0.4 is 0 Å². The van der Waals surface area contributed by atoms with E-state index in [0.29, 0.717) is 18.8 Å². The van der Waals surface area contributed by atoms with E-state index in [0.717, 1.165) is 49.8 Å². The molecule has 2 fully saturated rings. The predicted molar refractivity (Wildman–Crippen MR) is 100 cm³/mol. The number of aromatic nitrogens is 1. The van der Waals surface area contributed by atoms with E-state index in [-0.39, 0.29) is 17.6 Å². The molecule has 1 amide bonds. The zero-order valence-corrected chi connectivity index (χ0v) is 15.3. The first-order valence-corrected chi connectivity index (χ1v) is 9.60. The van der Waals surface area contributed by atoms with Crippen molar-refractivity contribution in [3.05, 3.63) is 42.1 Å². The summed E-state index contributed by atoms with van der Waals surface area (Å²) in [7, 11) is 0. The predicted octanol–water partition coefficient (Wildman–Crippen LogP) is 3.43. The summed E-state index contributed by atoms with van der Waals surface area (Å²) < 4.78 is 12.0. The molecule has 5 nitrogen and oxygen atoms in total. The Labute approximate surface area is 154 Å². The Morgan fingerprint density at radius 1 is 1.27 bits per heavy atom. The van der Waals surface area contributed by atoms with Gasteiger partial charge in [-0.1, -0.05) is 24.3 Å². The van der Waals surface area contributed by atoms with E-state index >= 15 is 0 Å². The van der Waals surface area contributed by atoms with Crippen molar-refractivity contribution in [2.75, 3.05) is 26.3 Å². The van der Waals surface area contributed by atoms with Crippen LogP contribution >= 0.6 is 0 Å². The third-order valence-corrected chi connectivity index (χ3v) is 5.63. The quantitative estimate of drug-likeness (QED) is 0.847. The summed E-state index contributed by atoms with van der Waals surface area (Å²) in [6.45, 7) is 4.97.